The Morgan fingerprint density at radius 2 is 1.90 bits per heavy atom. The Morgan fingerprint density at radius 1 is 1.13 bits per heavy atom. The molecule has 0 spiro atoms. The Kier molecular flexibility index (Phi) is 5.85. The topological polar surface area (TPSA) is 85.6 Å². The van der Waals surface area contributed by atoms with Crippen molar-refractivity contribution in [3.8, 4) is 16.3 Å². The molecule has 0 radical (unpaired) electrons. The molecule has 0 saturated heterocycles. The van der Waals surface area contributed by atoms with Gasteiger partial charge in [-0.25, -0.2) is 4.98 Å². The largest absolute Gasteiger partial charge is 0.483 e. The fourth-order valence-corrected chi connectivity index (χ4v) is 3.89. The molecule has 2 heterocycles. The zero-order valence-electron chi connectivity index (χ0n) is 16.4. The molecule has 0 bridgehead atoms. The normalized spacial score (nSPS) is 10.8. The van der Waals surface area contributed by atoms with Gasteiger partial charge < -0.3 is 10.1 Å². The van der Waals surface area contributed by atoms with Gasteiger partial charge in [-0.2, -0.15) is 9.61 Å². The highest BCUT2D eigenvalue weighted by Crippen LogP contribution is 2.23. The van der Waals surface area contributed by atoms with E-state index in [1.165, 1.54) is 21.9 Å². The molecule has 0 aliphatic heterocycles. The van der Waals surface area contributed by atoms with Crippen molar-refractivity contribution in [3.63, 3.8) is 0 Å². The summed E-state index contributed by atoms with van der Waals surface area (Å²) in [5.41, 5.74) is 2.16. The van der Waals surface area contributed by atoms with Gasteiger partial charge in [0.2, 0.25) is 4.96 Å². The van der Waals surface area contributed by atoms with Crippen LogP contribution in [0.4, 0.5) is 0 Å². The van der Waals surface area contributed by atoms with Gasteiger partial charge >= 0.3 is 0 Å². The molecular weight excluding hydrogens is 400 g/mol. The Hall–Kier alpha value is -3.52. The smallest absolute Gasteiger partial charge is 0.275 e. The molecule has 30 heavy (non-hydrogen) atoms. The quantitative estimate of drug-likeness (QED) is 0.497. The number of nitrogens with zero attached hydrogens (tertiary/aromatic N) is 3. The third-order valence-electron chi connectivity index (χ3n) is 4.50. The highest BCUT2D eigenvalue weighted by Gasteiger charge is 2.11. The van der Waals surface area contributed by atoms with Gasteiger partial charge in [-0.05, 0) is 18.1 Å². The zero-order valence-corrected chi connectivity index (χ0v) is 17.2. The summed E-state index contributed by atoms with van der Waals surface area (Å²) in [6.45, 7) is 2.07. The molecule has 2 aromatic heterocycles. The van der Waals surface area contributed by atoms with E-state index in [2.05, 4.69) is 15.4 Å². The lowest BCUT2D eigenvalue weighted by atomic mass is 10.1. The molecular formula is C22H20N4O3S. The monoisotopic (exact) mass is 420 g/mol. The number of rotatable bonds is 7. The standard InChI is InChI=1S/C22H20N4O3S/c1-2-15-8-6-7-11-18(15)29-14-19(27)23-13-17-12-20(28)26-22(24-17)30-21(25-26)16-9-4-3-5-10-16/h3-12H,2,13-14H2,1H3,(H,23,27). The highest BCUT2D eigenvalue weighted by molar-refractivity contribution is 7.19. The van der Waals surface area contributed by atoms with Crippen LogP contribution < -0.4 is 15.6 Å². The summed E-state index contributed by atoms with van der Waals surface area (Å²) in [7, 11) is 0. The highest BCUT2D eigenvalue weighted by atomic mass is 32.1. The van der Waals surface area contributed by atoms with Crippen molar-refractivity contribution in [1.82, 2.24) is 19.9 Å². The number of fused-ring (bicyclic) bond motifs is 1. The third kappa shape index (κ3) is 4.38. The van der Waals surface area contributed by atoms with Gasteiger partial charge in [0.25, 0.3) is 11.5 Å². The van der Waals surface area contributed by atoms with E-state index >= 15 is 0 Å². The van der Waals surface area contributed by atoms with Crippen LogP contribution in [-0.4, -0.2) is 27.1 Å². The van der Waals surface area contributed by atoms with Gasteiger partial charge in [0.1, 0.15) is 10.8 Å². The summed E-state index contributed by atoms with van der Waals surface area (Å²) in [5.74, 6) is 0.420. The van der Waals surface area contributed by atoms with Crippen LogP contribution in [0.3, 0.4) is 0 Å². The van der Waals surface area contributed by atoms with Gasteiger partial charge in [0.05, 0.1) is 12.2 Å². The maximum absolute atomic E-state index is 12.4. The van der Waals surface area contributed by atoms with Gasteiger partial charge in [-0.1, -0.05) is 66.8 Å². The summed E-state index contributed by atoms with van der Waals surface area (Å²) >= 11 is 1.33. The lowest BCUT2D eigenvalue weighted by Crippen LogP contribution is -2.29. The van der Waals surface area contributed by atoms with E-state index in [1.54, 1.807) is 0 Å². The first-order valence-electron chi connectivity index (χ1n) is 9.56. The van der Waals surface area contributed by atoms with Crippen LogP contribution in [0, 0.1) is 0 Å². The lowest BCUT2D eigenvalue weighted by molar-refractivity contribution is -0.123. The summed E-state index contributed by atoms with van der Waals surface area (Å²) in [6.07, 6.45) is 0.825. The molecule has 4 rings (SSSR count). The maximum Gasteiger partial charge on any atom is 0.275 e. The average Bonchev–Trinajstić information content (AvgIpc) is 3.22. The van der Waals surface area contributed by atoms with Gasteiger partial charge in [0.15, 0.2) is 6.61 Å². The predicted octanol–water partition coefficient (Wildman–Crippen LogP) is 3.08. The summed E-state index contributed by atoms with van der Waals surface area (Å²) in [6, 6.07) is 18.6. The van der Waals surface area contributed by atoms with Gasteiger partial charge in [0, 0.05) is 11.6 Å². The van der Waals surface area contributed by atoms with Crippen LogP contribution in [0.5, 0.6) is 5.75 Å². The van der Waals surface area contributed by atoms with Crippen molar-refractivity contribution in [2.75, 3.05) is 6.61 Å². The summed E-state index contributed by atoms with van der Waals surface area (Å²) in [4.78, 5) is 29.5. The average molecular weight is 420 g/mol. The molecule has 0 atom stereocenters. The van der Waals surface area contributed by atoms with Crippen LogP contribution in [0.15, 0.2) is 65.5 Å². The van der Waals surface area contributed by atoms with E-state index in [1.807, 2.05) is 61.5 Å². The van der Waals surface area contributed by atoms with Crippen molar-refractivity contribution >= 4 is 22.2 Å². The van der Waals surface area contributed by atoms with Crippen LogP contribution in [0.25, 0.3) is 15.5 Å². The predicted molar refractivity (Wildman–Crippen MR) is 116 cm³/mol. The molecule has 7 nitrogen and oxygen atoms in total. The number of para-hydroxylation sites is 1. The molecule has 1 amide bonds. The minimum absolute atomic E-state index is 0.100. The van der Waals surface area contributed by atoms with E-state index in [4.69, 9.17) is 4.74 Å². The number of hydrogen-bond acceptors (Lipinski definition) is 6. The summed E-state index contributed by atoms with van der Waals surface area (Å²) in [5, 5.41) is 7.81. The van der Waals surface area contributed by atoms with Crippen molar-refractivity contribution in [2.24, 2.45) is 0 Å². The van der Waals surface area contributed by atoms with Crippen LogP contribution in [0.1, 0.15) is 18.2 Å². The van der Waals surface area contributed by atoms with Crippen LogP contribution in [0.2, 0.25) is 0 Å². The Bertz CT molecular complexity index is 1230. The molecule has 1 N–H and O–H groups in total. The number of aryl methyl sites for hydroxylation is 1. The molecule has 8 heteroatoms. The molecule has 2 aromatic carbocycles. The number of carbonyl (C=O) groups is 1. The van der Waals surface area contributed by atoms with E-state index in [0.717, 1.165) is 17.5 Å². The zero-order chi connectivity index (χ0) is 20.9. The van der Waals surface area contributed by atoms with Crippen molar-refractivity contribution < 1.29 is 9.53 Å². The van der Waals surface area contributed by atoms with E-state index in [0.29, 0.717) is 21.4 Å². The van der Waals surface area contributed by atoms with Crippen LogP contribution >= 0.6 is 11.3 Å². The van der Waals surface area contributed by atoms with Crippen molar-refractivity contribution in [1.29, 1.82) is 0 Å². The third-order valence-corrected chi connectivity index (χ3v) is 5.46. The Labute approximate surface area is 177 Å². The number of ether oxygens (including phenoxy) is 1. The number of carbonyl (C=O) groups excluding carboxylic acids is 1. The number of aromatic nitrogens is 3. The molecule has 0 aliphatic carbocycles. The Morgan fingerprint density at radius 3 is 2.70 bits per heavy atom. The van der Waals surface area contributed by atoms with Crippen LogP contribution in [-0.2, 0) is 17.8 Å². The van der Waals surface area contributed by atoms with E-state index in [9.17, 15) is 9.59 Å². The molecule has 0 fully saturated rings. The molecule has 152 valence electrons. The van der Waals surface area contributed by atoms with E-state index in [-0.39, 0.29) is 24.6 Å². The second-order valence-corrected chi connectivity index (χ2v) is 7.54. The van der Waals surface area contributed by atoms with Gasteiger partial charge in [-0.15, -0.1) is 0 Å². The lowest BCUT2D eigenvalue weighted by Gasteiger charge is -2.10. The SMILES string of the molecule is CCc1ccccc1OCC(=O)NCc1cc(=O)n2nc(-c3ccccc3)sc2n1. The number of benzene rings is 2. The fraction of sp³-hybridized carbons (Fsp3) is 0.182. The summed E-state index contributed by atoms with van der Waals surface area (Å²) < 4.78 is 6.90. The second kappa shape index (κ2) is 8.87. The Balaban J connectivity index is 1.42. The molecule has 0 unspecified atom stereocenters. The maximum atomic E-state index is 12.4. The molecule has 4 aromatic rings. The first-order chi connectivity index (χ1) is 14.6. The number of nitrogens with one attached hydrogen (secondary N) is 1. The minimum atomic E-state index is -0.282. The van der Waals surface area contributed by atoms with Gasteiger partial charge in [-0.3, -0.25) is 9.59 Å². The van der Waals surface area contributed by atoms with E-state index < -0.39 is 0 Å². The fourth-order valence-electron chi connectivity index (χ4n) is 2.96. The number of hydrogen-bond donors (Lipinski definition) is 1. The molecule has 0 saturated carbocycles. The minimum Gasteiger partial charge on any atom is -0.483 e. The first kappa shape index (κ1) is 19.8. The van der Waals surface area contributed by atoms with Crippen molar-refractivity contribution in [2.45, 2.75) is 19.9 Å². The molecule has 0 aliphatic rings. The first-order valence-corrected chi connectivity index (χ1v) is 10.4. The second-order valence-electron chi connectivity index (χ2n) is 6.58. The number of amides is 1. The van der Waals surface area contributed by atoms with Crippen molar-refractivity contribution in [3.05, 3.63) is 82.3 Å².